The molecule has 0 bridgehead atoms. The third-order valence-corrected chi connectivity index (χ3v) is 2.45. The molecule has 1 unspecified atom stereocenters. The van der Waals surface area contributed by atoms with Crippen LogP contribution in [0, 0.1) is 16.2 Å². The molecule has 4 heteroatoms. The molecule has 1 aromatic carbocycles. The number of benzene rings is 1. The normalized spacial score (nSPS) is 21.0. The Hall–Kier alpha value is -1.42. The molecule has 0 spiro atoms. The lowest BCUT2D eigenvalue weighted by molar-refractivity contribution is -0.384. The van der Waals surface area contributed by atoms with Gasteiger partial charge in [0.1, 0.15) is 0 Å². The highest BCUT2D eigenvalue weighted by atomic mass is 16.6. The lowest BCUT2D eigenvalue weighted by atomic mass is 10.1. The van der Waals surface area contributed by atoms with E-state index in [0.717, 1.165) is 24.9 Å². The molecular weight excluding hydrogens is 180 g/mol. The highest BCUT2D eigenvalue weighted by molar-refractivity contribution is 5.35. The van der Waals surface area contributed by atoms with Crippen LogP contribution in [0.4, 0.5) is 5.69 Å². The van der Waals surface area contributed by atoms with Crippen molar-refractivity contribution in [3.63, 3.8) is 0 Å². The Labute approximate surface area is 82.1 Å². The van der Waals surface area contributed by atoms with Gasteiger partial charge in [-0.25, -0.2) is 0 Å². The summed E-state index contributed by atoms with van der Waals surface area (Å²) in [6.07, 6.45) is 2.17. The maximum absolute atomic E-state index is 10.5. The van der Waals surface area contributed by atoms with Crippen molar-refractivity contribution in [1.29, 1.82) is 0 Å². The molecule has 4 nitrogen and oxygen atoms in total. The zero-order chi connectivity index (χ0) is 9.97. The highest BCUT2D eigenvalue weighted by Crippen LogP contribution is 2.25. The van der Waals surface area contributed by atoms with Crippen LogP contribution >= 0.6 is 0 Å². The average Bonchev–Trinajstić information content (AvgIpc) is 2.71. The van der Waals surface area contributed by atoms with Gasteiger partial charge in [-0.1, -0.05) is 0 Å². The molecule has 0 aromatic heterocycles. The molecule has 1 atom stereocenters. The summed E-state index contributed by atoms with van der Waals surface area (Å²) in [5, 5.41) is 13.8. The molecule has 1 N–H and O–H groups in total. The second-order valence-electron chi connectivity index (χ2n) is 3.41. The van der Waals surface area contributed by atoms with Crippen molar-refractivity contribution in [2.24, 2.45) is 0 Å². The van der Waals surface area contributed by atoms with E-state index in [1.807, 2.05) is 0 Å². The van der Waals surface area contributed by atoms with Gasteiger partial charge < -0.3 is 5.32 Å². The molecule has 73 valence electrons. The zero-order valence-corrected chi connectivity index (χ0v) is 7.69. The summed E-state index contributed by atoms with van der Waals surface area (Å²) in [6, 6.07) is 7.97. The Morgan fingerprint density at radius 1 is 1.64 bits per heavy atom. The quantitative estimate of drug-likeness (QED) is 0.573. The van der Waals surface area contributed by atoms with Crippen molar-refractivity contribution >= 4 is 5.69 Å². The predicted molar refractivity (Wildman–Crippen MR) is 51.9 cm³/mol. The molecule has 2 rings (SSSR count). The Bertz CT molecular complexity index is 346. The van der Waals surface area contributed by atoms with Gasteiger partial charge in [0.2, 0.25) is 0 Å². The van der Waals surface area contributed by atoms with Crippen LogP contribution in [0.3, 0.4) is 0 Å². The Morgan fingerprint density at radius 2 is 2.50 bits per heavy atom. The van der Waals surface area contributed by atoms with E-state index in [9.17, 15) is 10.1 Å². The van der Waals surface area contributed by atoms with Crippen LogP contribution in [0.5, 0.6) is 0 Å². The van der Waals surface area contributed by atoms with E-state index in [1.54, 1.807) is 12.1 Å². The fraction of sp³-hybridized carbons (Fsp3) is 0.400. The molecular formula is C10H11N2O2. The van der Waals surface area contributed by atoms with E-state index in [-0.39, 0.29) is 16.7 Å². The van der Waals surface area contributed by atoms with Crippen LogP contribution in [-0.2, 0) is 0 Å². The molecule has 14 heavy (non-hydrogen) atoms. The van der Waals surface area contributed by atoms with E-state index in [1.165, 1.54) is 6.07 Å². The van der Waals surface area contributed by atoms with Gasteiger partial charge >= 0.3 is 0 Å². The fourth-order valence-corrected chi connectivity index (χ4v) is 1.74. The number of nitro benzene ring substituents is 1. The maximum atomic E-state index is 10.5. The smallest absolute Gasteiger partial charge is 0.269 e. The average molecular weight is 191 g/mol. The monoisotopic (exact) mass is 191 g/mol. The summed E-state index contributed by atoms with van der Waals surface area (Å²) in [7, 11) is 0. The number of hydrogen-bond donors (Lipinski definition) is 1. The van der Waals surface area contributed by atoms with Crippen molar-refractivity contribution in [2.45, 2.75) is 18.9 Å². The van der Waals surface area contributed by atoms with E-state index in [0.29, 0.717) is 0 Å². The number of nitrogens with one attached hydrogen (secondary N) is 1. The minimum atomic E-state index is -0.369. The van der Waals surface area contributed by atoms with Crippen LogP contribution in [0.15, 0.2) is 18.2 Å². The van der Waals surface area contributed by atoms with Crippen molar-refractivity contribution in [1.82, 2.24) is 5.32 Å². The Balaban J connectivity index is 2.25. The minimum absolute atomic E-state index is 0.146. The summed E-state index contributed by atoms with van der Waals surface area (Å²) < 4.78 is 0. The molecule has 1 heterocycles. The van der Waals surface area contributed by atoms with Gasteiger partial charge in [0.05, 0.1) is 4.92 Å². The van der Waals surface area contributed by atoms with Crippen LogP contribution in [0.25, 0.3) is 0 Å². The Kier molecular flexibility index (Phi) is 2.45. The third-order valence-electron chi connectivity index (χ3n) is 2.45. The van der Waals surface area contributed by atoms with E-state index >= 15 is 0 Å². The van der Waals surface area contributed by atoms with Crippen LogP contribution in [-0.4, -0.2) is 11.5 Å². The topological polar surface area (TPSA) is 55.2 Å². The van der Waals surface area contributed by atoms with E-state index in [2.05, 4.69) is 11.4 Å². The van der Waals surface area contributed by atoms with Crippen molar-refractivity contribution in [3.05, 3.63) is 39.9 Å². The molecule has 1 aliphatic heterocycles. The molecule has 0 amide bonds. The molecule has 1 radical (unpaired) electrons. The lowest BCUT2D eigenvalue weighted by Crippen LogP contribution is -2.12. The summed E-state index contributed by atoms with van der Waals surface area (Å²) in [6.45, 7) is 0.987. The first-order valence-electron chi connectivity index (χ1n) is 4.67. The lowest BCUT2D eigenvalue weighted by Gasteiger charge is -2.08. The number of nitro groups is 1. The standard InChI is InChI=1S/C10H11N2O2/c13-12(14)9-4-1-3-8(7-9)10-5-2-6-11-10/h1,4,7,10-11H,2,5-6H2. The van der Waals surface area contributed by atoms with Gasteiger partial charge in [0.25, 0.3) is 5.69 Å². The number of rotatable bonds is 2. The third kappa shape index (κ3) is 1.75. The van der Waals surface area contributed by atoms with Gasteiger partial charge in [-0.05, 0) is 37.1 Å². The molecule has 1 fully saturated rings. The highest BCUT2D eigenvalue weighted by Gasteiger charge is 2.18. The van der Waals surface area contributed by atoms with Gasteiger partial charge in [-0.3, -0.25) is 10.1 Å². The van der Waals surface area contributed by atoms with Crippen molar-refractivity contribution in [3.8, 4) is 0 Å². The summed E-state index contributed by atoms with van der Waals surface area (Å²) >= 11 is 0. The van der Waals surface area contributed by atoms with E-state index in [4.69, 9.17) is 0 Å². The molecule has 1 aliphatic rings. The van der Waals surface area contributed by atoms with E-state index < -0.39 is 0 Å². The molecule has 1 saturated heterocycles. The van der Waals surface area contributed by atoms with Crippen molar-refractivity contribution in [2.75, 3.05) is 6.54 Å². The number of nitrogens with zero attached hydrogens (tertiary/aromatic N) is 1. The van der Waals surface area contributed by atoms with Gasteiger partial charge in [0.15, 0.2) is 0 Å². The summed E-state index contributed by atoms with van der Waals surface area (Å²) in [5.74, 6) is 0. The van der Waals surface area contributed by atoms with Crippen LogP contribution < -0.4 is 5.32 Å². The van der Waals surface area contributed by atoms with Gasteiger partial charge in [-0.15, -0.1) is 0 Å². The van der Waals surface area contributed by atoms with Crippen molar-refractivity contribution < 1.29 is 4.92 Å². The first-order chi connectivity index (χ1) is 6.77. The Morgan fingerprint density at radius 3 is 3.14 bits per heavy atom. The van der Waals surface area contributed by atoms with Gasteiger partial charge in [-0.2, -0.15) is 0 Å². The first-order valence-corrected chi connectivity index (χ1v) is 4.67. The number of hydrogen-bond acceptors (Lipinski definition) is 3. The second-order valence-corrected chi connectivity index (χ2v) is 3.41. The molecule has 0 saturated carbocycles. The predicted octanol–water partition coefficient (Wildman–Crippen LogP) is 1.82. The minimum Gasteiger partial charge on any atom is -0.310 e. The molecule has 1 aromatic rings. The SMILES string of the molecule is O=[N+]([O-])c1cc[c]c(C2CCCN2)c1. The summed E-state index contributed by atoms with van der Waals surface area (Å²) in [4.78, 5) is 10.2. The number of non-ortho nitro benzene ring substituents is 1. The maximum Gasteiger partial charge on any atom is 0.269 e. The zero-order valence-electron chi connectivity index (χ0n) is 7.69. The first kappa shape index (κ1) is 9.15. The second kappa shape index (κ2) is 3.75. The largest absolute Gasteiger partial charge is 0.310 e. The fourth-order valence-electron chi connectivity index (χ4n) is 1.74. The molecule has 0 aliphatic carbocycles. The van der Waals surface area contributed by atoms with Crippen LogP contribution in [0.1, 0.15) is 24.4 Å². The van der Waals surface area contributed by atoms with Gasteiger partial charge in [0, 0.05) is 18.2 Å². The summed E-state index contributed by atoms with van der Waals surface area (Å²) in [5.41, 5.74) is 1.05. The van der Waals surface area contributed by atoms with Crippen LogP contribution in [0.2, 0.25) is 0 Å².